The summed E-state index contributed by atoms with van der Waals surface area (Å²) in [6, 6.07) is 9.51. The molecule has 0 heterocycles. The van der Waals surface area contributed by atoms with Crippen molar-refractivity contribution in [1.82, 2.24) is 5.43 Å². The van der Waals surface area contributed by atoms with Crippen molar-refractivity contribution in [3.63, 3.8) is 0 Å². The van der Waals surface area contributed by atoms with E-state index in [0.29, 0.717) is 12.3 Å². The number of alkyl halides is 1. The summed E-state index contributed by atoms with van der Waals surface area (Å²) in [5.74, 6) is 0.600. The predicted molar refractivity (Wildman–Crippen MR) is 62.8 cm³/mol. The van der Waals surface area contributed by atoms with Gasteiger partial charge in [-0.3, -0.25) is 15.6 Å². The van der Waals surface area contributed by atoms with Gasteiger partial charge in [0.05, 0.1) is 5.69 Å². The Morgan fingerprint density at radius 2 is 1.93 bits per heavy atom. The van der Waals surface area contributed by atoms with Crippen LogP contribution in [0.5, 0.6) is 0 Å². The zero-order valence-corrected chi connectivity index (χ0v) is 9.26. The highest BCUT2D eigenvalue weighted by Crippen LogP contribution is 2.03. The van der Waals surface area contributed by atoms with Crippen LogP contribution in [-0.4, -0.2) is 11.8 Å². The maximum Gasteiger partial charge on any atom is 0.238 e. The Kier molecular flexibility index (Phi) is 5.63. The second-order valence-corrected chi connectivity index (χ2v) is 3.56. The Morgan fingerprint density at radius 3 is 2.60 bits per heavy atom. The third-order valence-electron chi connectivity index (χ3n) is 1.91. The van der Waals surface area contributed by atoms with Gasteiger partial charge in [-0.05, 0) is 25.0 Å². The zero-order valence-electron chi connectivity index (χ0n) is 8.50. The summed E-state index contributed by atoms with van der Waals surface area (Å²) in [5.41, 5.74) is 6.34. The first kappa shape index (κ1) is 11.9. The van der Waals surface area contributed by atoms with Crippen molar-refractivity contribution in [3.05, 3.63) is 30.3 Å². The summed E-state index contributed by atoms with van der Waals surface area (Å²) in [7, 11) is 0. The van der Waals surface area contributed by atoms with Gasteiger partial charge in [0.15, 0.2) is 0 Å². The maximum atomic E-state index is 11.3. The Bertz CT molecular complexity index is 290. The summed E-state index contributed by atoms with van der Waals surface area (Å²) in [6.07, 6.45) is 2.21. The van der Waals surface area contributed by atoms with Crippen LogP contribution in [0.15, 0.2) is 30.3 Å². The topological polar surface area (TPSA) is 41.1 Å². The van der Waals surface area contributed by atoms with Crippen LogP contribution in [0.3, 0.4) is 0 Å². The van der Waals surface area contributed by atoms with E-state index < -0.39 is 0 Å². The number of benzene rings is 1. The molecule has 0 bridgehead atoms. The van der Waals surface area contributed by atoms with Crippen LogP contribution in [0.1, 0.15) is 19.3 Å². The summed E-state index contributed by atoms with van der Waals surface area (Å²) in [4.78, 5) is 11.3. The molecule has 0 unspecified atom stereocenters. The lowest BCUT2D eigenvalue weighted by Gasteiger charge is -2.07. The van der Waals surface area contributed by atoms with Crippen molar-refractivity contribution < 1.29 is 4.79 Å². The largest absolute Gasteiger partial charge is 0.299 e. The molecule has 0 aliphatic heterocycles. The van der Waals surface area contributed by atoms with Crippen LogP contribution < -0.4 is 10.9 Å². The van der Waals surface area contributed by atoms with Crippen molar-refractivity contribution in [2.45, 2.75) is 19.3 Å². The van der Waals surface area contributed by atoms with Crippen LogP contribution in [-0.2, 0) is 4.79 Å². The molecule has 0 aliphatic carbocycles. The van der Waals surface area contributed by atoms with Crippen LogP contribution in [0.25, 0.3) is 0 Å². The lowest BCUT2D eigenvalue weighted by atomic mass is 10.2. The van der Waals surface area contributed by atoms with E-state index in [-0.39, 0.29) is 5.91 Å². The number of hydrogen-bond donors (Lipinski definition) is 2. The lowest BCUT2D eigenvalue weighted by molar-refractivity contribution is -0.120. The molecule has 0 saturated heterocycles. The van der Waals surface area contributed by atoms with Gasteiger partial charge < -0.3 is 0 Å². The Labute approximate surface area is 94.8 Å². The predicted octanol–water partition coefficient (Wildman–Crippen LogP) is 2.54. The summed E-state index contributed by atoms with van der Waals surface area (Å²) in [6.45, 7) is 0. The number of para-hydroxylation sites is 1. The quantitative estimate of drug-likeness (QED) is 0.445. The van der Waals surface area contributed by atoms with Crippen LogP contribution >= 0.6 is 11.6 Å². The molecule has 4 heteroatoms. The second-order valence-electron chi connectivity index (χ2n) is 3.19. The Morgan fingerprint density at radius 1 is 1.20 bits per heavy atom. The van der Waals surface area contributed by atoms with Gasteiger partial charge in [-0.25, -0.2) is 0 Å². The van der Waals surface area contributed by atoms with E-state index >= 15 is 0 Å². The number of nitrogens with one attached hydrogen (secondary N) is 2. The van der Waals surface area contributed by atoms with Gasteiger partial charge in [0.2, 0.25) is 5.91 Å². The molecule has 2 N–H and O–H groups in total. The number of rotatable bonds is 6. The monoisotopic (exact) mass is 226 g/mol. The molecule has 0 atom stereocenters. The molecular formula is C11H15ClN2O. The molecule has 0 spiro atoms. The number of halogens is 1. The first-order valence-electron chi connectivity index (χ1n) is 4.99. The van der Waals surface area contributed by atoms with E-state index in [0.717, 1.165) is 18.5 Å². The smallest absolute Gasteiger partial charge is 0.238 e. The average molecular weight is 227 g/mol. The minimum absolute atomic E-state index is 0.0102. The van der Waals surface area contributed by atoms with Crippen LogP contribution in [0, 0.1) is 0 Å². The normalized spacial score (nSPS) is 9.67. The van der Waals surface area contributed by atoms with Crippen molar-refractivity contribution in [1.29, 1.82) is 0 Å². The lowest BCUT2D eigenvalue weighted by Crippen LogP contribution is -2.28. The highest BCUT2D eigenvalue weighted by atomic mass is 35.5. The van der Waals surface area contributed by atoms with E-state index in [9.17, 15) is 4.79 Å². The van der Waals surface area contributed by atoms with Gasteiger partial charge in [0, 0.05) is 12.3 Å². The van der Waals surface area contributed by atoms with E-state index in [2.05, 4.69) is 10.9 Å². The third-order valence-corrected chi connectivity index (χ3v) is 2.17. The highest BCUT2D eigenvalue weighted by Gasteiger charge is 1.99. The highest BCUT2D eigenvalue weighted by molar-refractivity contribution is 6.17. The molecule has 1 amide bonds. The molecule has 82 valence electrons. The fraction of sp³-hybridized carbons (Fsp3) is 0.364. The number of hydrogen-bond acceptors (Lipinski definition) is 2. The zero-order chi connectivity index (χ0) is 10.9. The van der Waals surface area contributed by atoms with E-state index in [1.165, 1.54) is 0 Å². The van der Waals surface area contributed by atoms with Gasteiger partial charge in [0.25, 0.3) is 0 Å². The molecule has 0 fully saturated rings. The molecule has 0 radical (unpaired) electrons. The third kappa shape index (κ3) is 5.27. The molecule has 1 aromatic carbocycles. The number of amides is 1. The summed E-state index contributed by atoms with van der Waals surface area (Å²) < 4.78 is 0. The number of carbonyl (C=O) groups excluding carboxylic acids is 1. The van der Waals surface area contributed by atoms with Gasteiger partial charge in [-0.15, -0.1) is 11.6 Å². The van der Waals surface area contributed by atoms with Crippen LogP contribution in [0.4, 0.5) is 5.69 Å². The van der Waals surface area contributed by atoms with E-state index in [4.69, 9.17) is 11.6 Å². The molecule has 15 heavy (non-hydrogen) atoms. The van der Waals surface area contributed by atoms with Gasteiger partial charge in [-0.1, -0.05) is 18.2 Å². The minimum Gasteiger partial charge on any atom is -0.299 e. The molecule has 1 aromatic rings. The van der Waals surface area contributed by atoms with Gasteiger partial charge in [-0.2, -0.15) is 0 Å². The maximum absolute atomic E-state index is 11.3. The standard InChI is InChI=1S/C11H15ClN2O/c12-9-5-4-8-11(15)14-13-10-6-2-1-3-7-10/h1-3,6-7,13H,4-5,8-9H2,(H,14,15). The van der Waals surface area contributed by atoms with Crippen molar-refractivity contribution in [2.75, 3.05) is 11.3 Å². The summed E-state index contributed by atoms with van der Waals surface area (Å²) in [5, 5.41) is 0. The Balaban J connectivity index is 2.17. The van der Waals surface area contributed by atoms with Crippen molar-refractivity contribution in [3.8, 4) is 0 Å². The molecular weight excluding hydrogens is 212 g/mol. The number of carbonyl (C=O) groups is 1. The van der Waals surface area contributed by atoms with Crippen molar-refractivity contribution in [2.24, 2.45) is 0 Å². The fourth-order valence-corrected chi connectivity index (χ4v) is 1.29. The molecule has 0 aliphatic rings. The van der Waals surface area contributed by atoms with E-state index in [1.807, 2.05) is 30.3 Å². The average Bonchev–Trinajstić information content (AvgIpc) is 2.28. The molecule has 0 saturated carbocycles. The minimum atomic E-state index is -0.0102. The first-order chi connectivity index (χ1) is 7.33. The van der Waals surface area contributed by atoms with Gasteiger partial charge >= 0.3 is 0 Å². The van der Waals surface area contributed by atoms with Gasteiger partial charge in [0.1, 0.15) is 0 Å². The molecule has 3 nitrogen and oxygen atoms in total. The van der Waals surface area contributed by atoms with E-state index in [1.54, 1.807) is 0 Å². The Hall–Kier alpha value is -1.22. The molecule has 1 rings (SSSR count). The number of hydrazine groups is 1. The first-order valence-corrected chi connectivity index (χ1v) is 5.52. The number of anilines is 1. The molecule has 0 aromatic heterocycles. The fourth-order valence-electron chi connectivity index (χ4n) is 1.11. The SMILES string of the molecule is O=C(CCCCCl)NNc1ccccc1. The second kappa shape index (κ2) is 7.12. The van der Waals surface area contributed by atoms with Crippen molar-refractivity contribution >= 4 is 23.2 Å². The van der Waals surface area contributed by atoms with Crippen LogP contribution in [0.2, 0.25) is 0 Å². The number of unbranched alkanes of at least 4 members (excludes halogenated alkanes) is 1. The summed E-state index contributed by atoms with van der Waals surface area (Å²) >= 11 is 5.51.